The van der Waals surface area contributed by atoms with Gasteiger partial charge in [-0.15, -0.1) is 0 Å². The van der Waals surface area contributed by atoms with E-state index in [0.717, 1.165) is 25.2 Å². The molecule has 2 rings (SSSR count). The fourth-order valence-electron chi connectivity index (χ4n) is 2.93. The number of carbonyl (C=O) groups excluding carboxylic acids is 1. The zero-order valence-corrected chi connectivity index (χ0v) is 10.5. The second-order valence-corrected chi connectivity index (χ2v) is 5.80. The minimum Gasteiger partial charge on any atom is -0.481 e. The van der Waals surface area contributed by atoms with Gasteiger partial charge < -0.3 is 10.4 Å². The summed E-state index contributed by atoms with van der Waals surface area (Å²) in [5.74, 6) is -0.360. The molecular formula is C13H21NO3. The van der Waals surface area contributed by atoms with E-state index in [9.17, 15) is 9.59 Å². The normalized spacial score (nSPS) is 40.7. The average Bonchev–Trinajstić information content (AvgIpc) is 3.01. The highest BCUT2D eigenvalue weighted by molar-refractivity contribution is 5.89. The highest BCUT2D eigenvalue weighted by Crippen LogP contribution is 2.39. The van der Waals surface area contributed by atoms with Crippen LogP contribution < -0.4 is 5.32 Å². The zero-order valence-electron chi connectivity index (χ0n) is 10.5. The molecule has 0 spiro atoms. The van der Waals surface area contributed by atoms with Crippen LogP contribution in [0.25, 0.3) is 0 Å². The Hall–Kier alpha value is -1.06. The molecule has 2 aliphatic rings. The Morgan fingerprint density at radius 2 is 1.82 bits per heavy atom. The van der Waals surface area contributed by atoms with Crippen LogP contribution in [0.4, 0.5) is 0 Å². The van der Waals surface area contributed by atoms with Crippen LogP contribution in [0.5, 0.6) is 0 Å². The number of rotatable bonds is 3. The highest BCUT2D eigenvalue weighted by Gasteiger charge is 2.48. The maximum absolute atomic E-state index is 11.8. The van der Waals surface area contributed by atoms with Crippen molar-refractivity contribution in [2.45, 2.75) is 45.6 Å². The van der Waals surface area contributed by atoms with E-state index >= 15 is 0 Å². The van der Waals surface area contributed by atoms with Gasteiger partial charge >= 0.3 is 5.97 Å². The lowest BCUT2D eigenvalue weighted by atomic mass is 9.80. The summed E-state index contributed by atoms with van der Waals surface area (Å²) in [6.07, 6.45) is 3.84. The lowest BCUT2D eigenvalue weighted by molar-refractivity contribution is -0.140. The van der Waals surface area contributed by atoms with Crippen LogP contribution in [0, 0.1) is 23.7 Å². The van der Waals surface area contributed by atoms with Crippen LogP contribution in [0.2, 0.25) is 0 Å². The number of hydrogen-bond donors (Lipinski definition) is 2. The number of aliphatic carboxylic acids is 1. The summed E-state index contributed by atoms with van der Waals surface area (Å²) < 4.78 is 0. The van der Waals surface area contributed by atoms with Crippen LogP contribution in [0.3, 0.4) is 0 Å². The van der Waals surface area contributed by atoms with Gasteiger partial charge in [-0.3, -0.25) is 9.59 Å². The summed E-state index contributed by atoms with van der Waals surface area (Å²) in [6.45, 7) is 4.41. The number of carbonyl (C=O) groups is 2. The van der Waals surface area contributed by atoms with Crippen LogP contribution in [-0.4, -0.2) is 23.0 Å². The second kappa shape index (κ2) is 4.67. The second-order valence-electron chi connectivity index (χ2n) is 5.80. The number of hydrogen-bond acceptors (Lipinski definition) is 2. The maximum Gasteiger partial charge on any atom is 0.307 e. The van der Waals surface area contributed by atoms with Gasteiger partial charge in [-0.2, -0.15) is 0 Å². The third-order valence-corrected chi connectivity index (χ3v) is 4.20. The summed E-state index contributed by atoms with van der Waals surface area (Å²) in [4.78, 5) is 22.5. The molecule has 4 heteroatoms. The van der Waals surface area contributed by atoms with Crippen molar-refractivity contribution >= 4 is 11.9 Å². The first kappa shape index (κ1) is 12.4. The van der Waals surface area contributed by atoms with Crippen molar-refractivity contribution in [2.75, 3.05) is 0 Å². The Morgan fingerprint density at radius 1 is 1.12 bits per heavy atom. The smallest absolute Gasteiger partial charge is 0.307 e. The lowest BCUT2D eigenvalue weighted by Crippen LogP contribution is -2.43. The van der Waals surface area contributed by atoms with E-state index in [4.69, 9.17) is 5.11 Å². The number of amides is 1. The van der Waals surface area contributed by atoms with Gasteiger partial charge in [-0.25, -0.2) is 0 Å². The highest BCUT2D eigenvalue weighted by atomic mass is 16.4. The van der Waals surface area contributed by atoms with E-state index in [1.54, 1.807) is 0 Å². The fraction of sp³-hybridized carbons (Fsp3) is 0.846. The van der Waals surface area contributed by atoms with Gasteiger partial charge in [-0.1, -0.05) is 13.8 Å². The topological polar surface area (TPSA) is 66.4 Å². The largest absolute Gasteiger partial charge is 0.481 e. The lowest BCUT2D eigenvalue weighted by Gasteiger charge is -2.33. The molecule has 2 saturated carbocycles. The first-order valence-corrected chi connectivity index (χ1v) is 6.52. The predicted molar refractivity (Wildman–Crippen MR) is 63.3 cm³/mol. The summed E-state index contributed by atoms with van der Waals surface area (Å²) in [5.41, 5.74) is 0. The van der Waals surface area contributed by atoms with Gasteiger partial charge in [0.1, 0.15) is 0 Å². The van der Waals surface area contributed by atoms with Crippen LogP contribution in [0.15, 0.2) is 0 Å². The zero-order chi connectivity index (χ0) is 12.6. The SMILES string of the molecule is CC1CCC(NC(=O)C2CC2C(=O)O)C(C)C1. The first-order valence-electron chi connectivity index (χ1n) is 6.52. The summed E-state index contributed by atoms with van der Waals surface area (Å²) in [7, 11) is 0. The molecule has 2 fully saturated rings. The Kier molecular flexibility index (Phi) is 3.40. The molecule has 2 aliphatic carbocycles. The third-order valence-electron chi connectivity index (χ3n) is 4.20. The molecule has 17 heavy (non-hydrogen) atoms. The maximum atomic E-state index is 11.8. The minimum atomic E-state index is -0.838. The van der Waals surface area contributed by atoms with E-state index in [0.29, 0.717) is 12.3 Å². The van der Waals surface area contributed by atoms with Crippen molar-refractivity contribution < 1.29 is 14.7 Å². The Morgan fingerprint density at radius 3 is 2.35 bits per heavy atom. The van der Waals surface area contributed by atoms with Crippen molar-refractivity contribution in [1.82, 2.24) is 5.32 Å². The molecule has 5 unspecified atom stereocenters. The molecule has 0 radical (unpaired) electrons. The summed E-state index contributed by atoms with van der Waals surface area (Å²) >= 11 is 0. The standard InChI is InChI=1S/C13H21NO3/c1-7-3-4-11(8(2)5-7)14-12(15)9-6-10(9)13(16)17/h7-11H,3-6H2,1-2H3,(H,14,15)(H,16,17). The Bertz CT molecular complexity index is 329. The van der Waals surface area contributed by atoms with Crippen LogP contribution in [-0.2, 0) is 9.59 Å². The Labute approximate surface area is 102 Å². The van der Waals surface area contributed by atoms with Gasteiger partial charge in [0.15, 0.2) is 0 Å². The van der Waals surface area contributed by atoms with Crippen molar-refractivity contribution in [3.63, 3.8) is 0 Å². The van der Waals surface area contributed by atoms with E-state index in [-0.39, 0.29) is 17.9 Å². The number of nitrogens with one attached hydrogen (secondary N) is 1. The van der Waals surface area contributed by atoms with Crippen molar-refractivity contribution in [2.24, 2.45) is 23.7 Å². The van der Waals surface area contributed by atoms with E-state index < -0.39 is 11.9 Å². The molecule has 0 aromatic carbocycles. The molecule has 0 aromatic rings. The minimum absolute atomic E-state index is 0.0520. The van der Waals surface area contributed by atoms with Gasteiger partial charge in [0.25, 0.3) is 0 Å². The molecule has 0 heterocycles. The third kappa shape index (κ3) is 2.79. The molecule has 5 atom stereocenters. The van der Waals surface area contributed by atoms with Gasteiger partial charge in [0.2, 0.25) is 5.91 Å². The van der Waals surface area contributed by atoms with Gasteiger partial charge in [0, 0.05) is 6.04 Å². The van der Waals surface area contributed by atoms with E-state index in [1.165, 1.54) is 0 Å². The quantitative estimate of drug-likeness (QED) is 0.787. The van der Waals surface area contributed by atoms with Crippen molar-refractivity contribution in [3.05, 3.63) is 0 Å². The number of carboxylic acids is 1. The first-order chi connectivity index (χ1) is 7.99. The molecule has 0 saturated heterocycles. The van der Waals surface area contributed by atoms with Crippen molar-refractivity contribution in [3.8, 4) is 0 Å². The fourth-order valence-corrected chi connectivity index (χ4v) is 2.93. The summed E-state index contributed by atoms with van der Waals surface area (Å²) in [6, 6.07) is 0.244. The molecule has 4 nitrogen and oxygen atoms in total. The molecule has 0 aromatic heterocycles. The van der Waals surface area contributed by atoms with E-state index in [2.05, 4.69) is 19.2 Å². The molecular weight excluding hydrogens is 218 g/mol. The molecule has 0 aliphatic heterocycles. The monoisotopic (exact) mass is 239 g/mol. The van der Waals surface area contributed by atoms with Crippen molar-refractivity contribution in [1.29, 1.82) is 0 Å². The number of carboxylic acid groups (broad SMARTS) is 1. The predicted octanol–water partition coefficient (Wildman–Crippen LogP) is 1.65. The van der Waals surface area contributed by atoms with Gasteiger partial charge in [0.05, 0.1) is 11.8 Å². The van der Waals surface area contributed by atoms with Crippen LogP contribution >= 0.6 is 0 Å². The molecule has 1 amide bonds. The Balaban J connectivity index is 1.81. The van der Waals surface area contributed by atoms with Crippen LogP contribution in [0.1, 0.15) is 39.5 Å². The molecule has 2 N–H and O–H groups in total. The molecule has 96 valence electrons. The van der Waals surface area contributed by atoms with Gasteiger partial charge in [-0.05, 0) is 37.5 Å². The summed E-state index contributed by atoms with van der Waals surface area (Å²) in [5, 5.41) is 11.8. The average molecular weight is 239 g/mol. The molecule has 0 bridgehead atoms. The van der Waals surface area contributed by atoms with E-state index in [1.807, 2.05) is 0 Å².